The van der Waals surface area contributed by atoms with Crippen molar-refractivity contribution >= 4 is 17.5 Å². The maximum absolute atomic E-state index is 13.8. The van der Waals surface area contributed by atoms with E-state index in [1.165, 1.54) is 0 Å². The van der Waals surface area contributed by atoms with Crippen LogP contribution in [0.2, 0.25) is 0 Å². The number of nitrogens with zero attached hydrogens (tertiary/aromatic N) is 1. The topological polar surface area (TPSA) is 99.9 Å². The standard InChI is InChI=1S/C23H27N3O5/c1-13-6-5-7-14(2)19(13)25-23(28)20-18-15(8-9-26(20,3)11-17(24)27)10-16-21(22(18)29-4)31-12-30-16/h5-7,10,20H,8-9,11-12H2,1-4H3,(H2-,24,25,27,28)/p+1/t20-,26-/m1/s1. The molecule has 0 radical (unpaired) electrons. The van der Waals surface area contributed by atoms with Gasteiger partial charge in [0.15, 0.2) is 24.1 Å². The van der Waals surface area contributed by atoms with Gasteiger partial charge in [0.25, 0.3) is 11.8 Å². The Kier molecular flexibility index (Phi) is 5.26. The van der Waals surface area contributed by atoms with E-state index in [9.17, 15) is 9.59 Å². The van der Waals surface area contributed by atoms with E-state index < -0.39 is 11.9 Å². The van der Waals surface area contributed by atoms with E-state index in [-0.39, 0.29) is 23.7 Å². The number of para-hydroxylation sites is 1. The summed E-state index contributed by atoms with van der Waals surface area (Å²) in [4.78, 5) is 25.8. The van der Waals surface area contributed by atoms with E-state index in [1.54, 1.807) is 7.11 Å². The van der Waals surface area contributed by atoms with Crippen LogP contribution in [0.1, 0.15) is 28.3 Å². The minimum atomic E-state index is -0.709. The molecular formula is C23H28N3O5+. The molecule has 0 bridgehead atoms. The average Bonchev–Trinajstić information content (AvgIpc) is 3.16. The van der Waals surface area contributed by atoms with Crippen LogP contribution in [-0.4, -0.2) is 50.3 Å². The predicted octanol–water partition coefficient (Wildman–Crippen LogP) is 2.21. The first-order valence-electron chi connectivity index (χ1n) is 10.2. The van der Waals surface area contributed by atoms with Gasteiger partial charge in [-0.2, -0.15) is 0 Å². The monoisotopic (exact) mass is 426 g/mol. The number of methoxy groups -OCH3 is 1. The zero-order valence-electron chi connectivity index (χ0n) is 18.3. The fourth-order valence-corrected chi connectivity index (χ4v) is 4.75. The third-order valence-electron chi connectivity index (χ3n) is 6.23. The largest absolute Gasteiger partial charge is 0.492 e. The highest BCUT2D eigenvalue weighted by atomic mass is 16.7. The Balaban J connectivity index is 1.86. The van der Waals surface area contributed by atoms with Crippen molar-refractivity contribution in [3.63, 3.8) is 0 Å². The summed E-state index contributed by atoms with van der Waals surface area (Å²) >= 11 is 0. The van der Waals surface area contributed by atoms with Crippen molar-refractivity contribution in [2.75, 3.05) is 39.4 Å². The summed E-state index contributed by atoms with van der Waals surface area (Å²) in [6.07, 6.45) is 0.652. The Hall–Kier alpha value is -3.26. The number of nitrogens with one attached hydrogen (secondary N) is 1. The Morgan fingerprint density at radius 3 is 2.61 bits per heavy atom. The van der Waals surface area contributed by atoms with Crippen LogP contribution in [0, 0.1) is 13.8 Å². The molecule has 31 heavy (non-hydrogen) atoms. The molecule has 8 heteroatoms. The van der Waals surface area contributed by atoms with Crippen LogP contribution >= 0.6 is 0 Å². The molecule has 2 aliphatic heterocycles. The van der Waals surface area contributed by atoms with Gasteiger partial charge in [0.05, 0.1) is 26.3 Å². The fraction of sp³-hybridized carbons (Fsp3) is 0.391. The number of primary amides is 1. The number of amides is 2. The van der Waals surface area contributed by atoms with E-state index in [0.29, 0.717) is 35.8 Å². The van der Waals surface area contributed by atoms with Gasteiger partial charge >= 0.3 is 0 Å². The molecule has 3 N–H and O–H groups in total. The van der Waals surface area contributed by atoms with Crippen LogP contribution in [0.4, 0.5) is 5.69 Å². The highest BCUT2D eigenvalue weighted by Crippen LogP contribution is 2.51. The molecule has 4 rings (SSSR count). The SMILES string of the molecule is COc1c2c(cc3c1[C@H](C(=O)Nc1c(C)cccc1C)[N@@+](C)(CC(N)=O)CC3)OCO2. The number of nitrogens with two attached hydrogens (primary N) is 1. The molecule has 0 fully saturated rings. The quantitative estimate of drug-likeness (QED) is 0.714. The number of ether oxygens (including phenoxy) is 3. The Labute approximate surface area is 181 Å². The van der Waals surface area contributed by atoms with Crippen molar-refractivity contribution in [3.8, 4) is 17.2 Å². The summed E-state index contributed by atoms with van der Waals surface area (Å²) < 4.78 is 17.1. The zero-order valence-corrected chi connectivity index (χ0v) is 18.3. The maximum Gasteiger partial charge on any atom is 0.287 e. The molecule has 0 aromatic heterocycles. The summed E-state index contributed by atoms with van der Waals surface area (Å²) in [5.41, 5.74) is 9.95. The summed E-state index contributed by atoms with van der Waals surface area (Å²) in [5, 5.41) is 3.10. The van der Waals surface area contributed by atoms with Gasteiger partial charge in [-0.3, -0.25) is 9.59 Å². The van der Waals surface area contributed by atoms with Crippen molar-refractivity contribution in [1.82, 2.24) is 0 Å². The van der Waals surface area contributed by atoms with E-state index >= 15 is 0 Å². The summed E-state index contributed by atoms with van der Waals surface area (Å²) in [5.74, 6) is 0.879. The van der Waals surface area contributed by atoms with Crippen molar-refractivity contribution in [3.05, 3.63) is 46.5 Å². The van der Waals surface area contributed by atoms with Crippen molar-refractivity contribution in [1.29, 1.82) is 0 Å². The van der Waals surface area contributed by atoms with Gasteiger partial charge in [0, 0.05) is 12.1 Å². The van der Waals surface area contributed by atoms with Crippen LogP contribution in [0.5, 0.6) is 17.2 Å². The van der Waals surface area contributed by atoms with Gasteiger partial charge in [-0.1, -0.05) is 18.2 Å². The van der Waals surface area contributed by atoms with Gasteiger partial charge in [0.1, 0.15) is 0 Å². The molecule has 2 aliphatic rings. The number of hydrogen-bond donors (Lipinski definition) is 2. The van der Waals surface area contributed by atoms with Crippen molar-refractivity contribution < 1.29 is 28.3 Å². The summed E-state index contributed by atoms with van der Waals surface area (Å²) in [6.45, 7) is 4.60. The normalized spacial score (nSPS) is 21.4. The van der Waals surface area contributed by atoms with Crippen LogP contribution in [-0.2, 0) is 16.0 Å². The number of carbonyl (C=O) groups is 2. The van der Waals surface area contributed by atoms with E-state index in [2.05, 4.69) is 5.32 Å². The minimum Gasteiger partial charge on any atom is -0.492 e. The lowest BCUT2D eigenvalue weighted by Gasteiger charge is -2.44. The summed E-state index contributed by atoms with van der Waals surface area (Å²) in [6, 6.07) is 7.06. The second kappa shape index (κ2) is 7.77. The third kappa shape index (κ3) is 3.57. The van der Waals surface area contributed by atoms with Crippen LogP contribution < -0.4 is 25.3 Å². The Morgan fingerprint density at radius 1 is 1.26 bits per heavy atom. The van der Waals surface area contributed by atoms with E-state index in [0.717, 1.165) is 22.4 Å². The number of likely N-dealkylation sites (N-methyl/N-ethyl adjacent to an activating group) is 1. The van der Waals surface area contributed by atoms with Crippen LogP contribution in [0.3, 0.4) is 0 Å². The molecule has 0 saturated heterocycles. The van der Waals surface area contributed by atoms with Gasteiger partial charge in [-0.15, -0.1) is 0 Å². The van der Waals surface area contributed by atoms with Crippen molar-refractivity contribution in [2.45, 2.75) is 26.3 Å². The molecule has 2 aromatic rings. The molecule has 2 aromatic carbocycles. The van der Waals surface area contributed by atoms with Gasteiger partial charge in [0.2, 0.25) is 12.5 Å². The zero-order chi connectivity index (χ0) is 22.3. The highest BCUT2D eigenvalue weighted by Gasteiger charge is 2.48. The lowest BCUT2D eigenvalue weighted by Crippen LogP contribution is -2.58. The first-order valence-corrected chi connectivity index (χ1v) is 10.2. The third-order valence-corrected chi connectivity index (χ3v) is 6.23. The number of fused-ring (bicyclic) bond motifs is 2. The second-order valence-electron chi connectivity index (χ2n) is 8.45. The number of quaternary nitrogens is 1. The molecule has 0 unspecified atom stereocenters. The number of hydrogen-bond acceptors (Lipinski definition) is 5. The number of benzene rings is 2. The lowest BCUT2D eigenvalue weighted by atomic mass is 9.88. The summed E-state index contributed by atoms with van der Waals surface area (Å²) in [7, 11) is 3.43. The molecular weight excluding hydrogens is 398 g/mol. The van der Waals surface area contributed by atoms with Gasteiger partial charge in [-0.25, -0.2) is 0 Å². The number of anilines is 1. The molecule has 2 amide bonds. The molecule has 164 valence electrons. The molecule has 2 heterocycles. The van der Waals surface area contributed by atoms with Crippen LogP contribution in [0.25, 0.3) is 0 Å². The molecule has 2 atom stereocenters. The van der Waals surface area contributed by atoms with Crippen molar-refractivity contribution in [2.24, 2.45) is 5.73 Å². The first-order chi connectivity index (χ1) is 14.7. The molecule has 0 spiro atoms. The Bertz CT molecular complexity index is 1050. The minimum absolute atomic E-state index is 0.0296. The molecule has 0 aliphatic carbocycles. The van der Waals surface area contributed by atoms with E-state index in [4.69, 9.17) is 19.9 Å². The van der Waals surface area contributed by atoms with Gasteiger partial charge in [-0.05, 0) is 36.6 Å². The molecule has 0 saturated carbocycles. The highest BCUT2D eigenvalue weighted by molar-refractivity contribution is 5.97. The smallest absolute Gasteiger partial charge is 0.287 e. The van der Waals surface area contributed by atoms with Gasteiger partial charge < -0.3 is 29.7 Å². The number of aryl methyl sites for hydroxylation is 2. The Morgan fingerprint density at radius 2 is 1.97 bits per heavy atom. The number of carbonyl (C=O) groups excluding carboxylic acids is 2. The van der Waals surface area contributed by atoms with Crippen LogP contribution in [0.15, 0.2) is 24.3 Å². The number of rotatable bonds is 5. The second-order valence-corrected chi connectivity index (χ2v) is 8.45. The molecule has 8 nitrogen and oxygen atoms in total. The maximum atomic E-state index is 13.8. The van der Waals surface area contributed by atoms with E-state index in [1.807, 2.05) is 45.2 Å². The predicted molar refractivity (Wildman–Crippen MR) is 115 cm³/mol. The lowest BCUT2D eigenvalue weighted by molar-refractivity contribution is -0.924. The first kappa shape index (κ1) is 21.0. The average molecular weight is 426 g/mol. The fourth-order valence-electron chi connectivity index (χ4n) is 4.75.